The molecule has 0 aliphatic rings. The minimum Gasteiger partial charge on any atom is -0.346 e. The number of pyridine rings is 1. The first-order valence-electron chi connectivity index (χ1n) is 3.64. The summed E-state index contributed by atoms with van der Waals surface area (Å²) in [7, 11) is 0. The zero-order valence-electron chi connectivity index (χ0n) is 6.63. The average molecular weight is 157 g/mol. The SMILES string of the molecule is Cc1cncc2cc(C#N)[nH]c12. The van der Waals surface area contributed by atoms with E-state index in [1.807, 2.05) is 6.92 Å². The number of fused-ring (bicyclic) bond motifs is 1. The summed E-state index contributed by atoms with van der Waals surface area (Å²) in [5, 5.41) is 9.62. The van der Waals surface area contributed by atoms with Gasteiger partial charge in [-0.2, -0.15) is 5.26 Å². The molecule has 0 fully saturated rings. The van der Waals surface area contributed by atoms with Crippen molar-refractivity contribution in [3.8, 4) is 6.07 Å². The normalized spacial score (nSPS) is 10.0. The van der Waals surface area contributed by atoms with Crippen molar-refractivity contribution in [2.24, 2.45) is 0 Å². The molecule has 0 spiro atoms. The summed E-state index contributed by atoms with van der Waals surface area (Å²) in [6, 6.07) is 3.86. The minimum atomic E-state index is 0.584. The van der Waals surface area contributed by atoms with E-state index in [9.17, 15) is 0 Å². The van der Waals surface area contributed by atoms with E-state index >= 15 is 0 Å². The van der Waals surface area contributed by atoms with Gasteiger partial charge in [0.05, 0.1) is 5.52 Å². The number of aromatic amines is 1. The number of rotatable bonds is 0. The number of hydrogen-bond donors (Lipinski definition) is 1. The van der Waals surface area contributed by atoms with Gasteiger partial charge in [0.15, 0.2) is 0 Å². The molecule has 0 aliphatic heterocycles. The Morgan fingerprint density at radius 3 is 3.00 bits per heavy atom. The fourth-order valence-corrected chi connectivity index (χ4v) is 1.25. The van der Waals surface area contributed by atoms with Crippen LogP contribution in [0.5, 0.6) is 0 Å². The van der Waals surface area contributed by atoms with Gasteiger partial charge in [-0.15, -0.1) is 0 Å². The van der Waals surface area contributed by atoms with E-state index in [1.54, 1.807) is 18.5 Å². The van der Waals surface area contributed by atoms with Gasteiger partial charge in [0.1, 0.15) is 11.8 Å². The first-order chi connectivity index (χ1) is 5.81. The van der Waals surface area contributed by atoms with Crippen molar-refractivity contribution in [1.82, 2.24) is 9.97 Å². The lowest BCUT2D eigenvalue weighted by molar-refractivity contribution is 1.29. The molecule has 12 heavy (non-hydrogen) atoms. The average Bonchev–Trinajstić information content (AvgIpc) is 2.49. The van der Waals surface area contributed by atoms with E-state index in [2.05, 4.69) is 16.0 Å². The van der Waals surface area contributed by atoms with Crippen molar-refractivity contribution in [3.63, 3.8) is 0 Å². The Morgan fingerprint density at radius 1 is 1.50 bits per heavy atom. The Balaban J connectivity index is 2.85. The number of aromatic nitrogens is 2. The summed E-state index contributed by atoms with van der Waals surface area (Å²) in [5.41, 5.74) is 2.65. The number of hydrogen-bond acceptors (Lipinski definition) is 2. The van der Waals surface area contributed by atoms with Crippen LogP contribution >= 0.6 is 0 Å². The van der Waals surface area contributed by atoms with Crippen LogP contribution in [0, 0.1) is 18.3 Å². The van der Waals surface area contributed by atoms with Gasteiger partial charge in [-0.05, 0) is 18.6 Å². The Labute approximate surface area is 69.7 Å². The van der Waals surface area contributed by atoms with Crippen molar-refractivity contribution in [1.29, 1.82) is 5.26 Å². The summed E-state index contributed by atoms with van der Waals surface area (Å²) >= 11 is 0. The standard InChI is InChI=1S/C9H7N3/c1-6-4-11-5-7-2-8(3-10)12-9(6)7/h2,4-5,12H,1H3. The summed E-state index contributed by atoms with van der Waals surface area (Å²) in [4.78, 5) is 7.04. The molecule has 0 amide bonds. The van der Waals surface area contributed by atoms with Gasteiger partial charge in [0.2, 0.25) is 0 Å². The second-order valence-electron chi connectivity index (χ2n) is 2.72. The molecule has 2 aromatic rings. The van der Waals surface area contributed by atoms with Crippen LogP contribution in [0.25, 0.3) is 10.9 Å². The van der Waals surface area contributed by atoms with Crippen molar-refractivity contribution in [2.45, 2.75) is 6.92 Å². The highest BCUT2D eigenvalue weighted by Crippen LogP contribution is 2.16. The van der Waals surface area contributed by atoms with E-state index in [-0.39, 0.29) is 0 Å². The highest BCUT2D eigenvalue weighted by molar-refractivity contribution is 5.82. The third-order valence-corrected chi connectivity index (χ3v) is 1.84. The molecule has 58 valence electrons. The van der Waals surface area contributed by atoms with Gasteiger partial charge < -0.3 is 4.98 Å². The Hall–Kier alpha value is -1.82. The van der Waals surface area contributed by atoms with E-state index in [0.29, 0.717) is 5.69 Å². The maximum absolute atomic E-state index is 8.63. The number of aryl methyl sites for hydroxylation is 1. The van der Waals surface area contributed by atoms with Gasteiger partial charge in [0, 0.05) is 17.8 Å². The Kier molecular flexibility index (Phi) is 1.34. The summed E-state index contributed by atoms with van der Waals surface area (Å²) in [6.07, 6.45) is 3.53. The van der Waals surface area contributed by atoms with Crippen LogP contribution < -0.4 is 0 Å². The number of H-pyrrole nitrogens is 1. The Morgan fingerprint density at radius 2 is 2.33 bits per heavy atom. The second kappa shape index (κ2) is 2.35. The predicted octanol–water partition coefficient (Wildman–Crippen LogP) is 1.74. The number of nitriles is 1. The van der Waals surface area contributed by atoms with Crippen molar-refractivity contribution >= 4 is 10.9 Å². The number of nitrogens with zero attached hydrogens (tertiary/aromatic N) is 2. The van der Waals surface area contributed by atoms with E-state index in [0.717, 1.165) is 16.5 Å². The van der Waals surface area contributed by atoms with Crippen LogP contribution in [0.1, 0.15) is 11.3 Å². The van der Waals surface area contributed by atoms with Crippen LogP contribution in [-0.2, 0) is 0 Å². The highest BCUT2D eigenvalue weighted by Gasteiger charge is 2.01. The second-order valence-corrected chi connectivity index (χ2v) is 2.72. The largest absolute Gasteiger partial charge is 0.346 e. The molecule has 0 atom stereocenters. The van der Waals surface area contributed by atoms with E-state index < -0.39 is 0 Å². The lowest BCUT2D eigenvalue weighted by Gasteiger charge is -1.91. The molecule has 0 aliphatic carbocycles. The fourth-order valence-electron chi connectivity index (χ4n) is 1.25. The third-order valence-electron chi connectivity index (χ3n) is 1.84. The molecule has 3 nitrogen and oxygen atoms in total. The third kappa shape index (κ3) is 0.857. The molecule has 2 rings (SSSR count). The molecule has 2 heterocycles. The molecule has 1 N–H and O–H groups in total. The maximum Gasteiger partial charge on any atom is 0.118 e. The molecular formula is C9H7N3. The van der Waals surface area contributed by atoms with Crippen LogP contribution in [0.15, 0.2) is 18.5 Å². The summed E-state index contributed by atoms with van der Waals surface area (Å²) in [5.74, 6) is 0. The van der Waals surface area contributed by atoms with Crippen molar-refractivity contribution in [2.75, 3.05) is 0 Å². The molecule has 0 saturated heterocycles. The molecule has 0 unspecified atom stereocenters. The summed E-state index contributed by atoms with van der Waals surface area (Å²) in [6.45, 7) is 1.97. The van der Waals surface area contributed by atoms with Crippen LogP contribution in [0.2, 0.25) is 0 Å². The predicted molar refractivity (Wildman–Crippen MR) is 45.5 cm³/mol. The van der Waals surface area contributed by atoms with Crippen LogP contribution in [-0.4, -0.2) is 9.97 Å². The van der Waals surface area contributed by atoms with Gasteiger partial charge in [-0.3, -0.25) is 4.98 Å². The van der Waals surface area contributed by atoms with Crippen LogP contribution in [0.3, 0.4) is 0 Å². The lowest BCUT2D eigenvalue weighted by Crippen LogP contribution is -1.78. The molecule has 0 aromatic carbocycles. The topological polar surface area (TPSA) is 52.5 Å². The van der Waals surface area contributed by atoms with Gasteiger partial charge in [0.25, 0.3) is 0 Å². The highest BCUT2D eigenvalue weighted by atomic mass is 14.7. The monoisotopic (exact) mass is 157 g/mol. The summed E-state index contributed by atoms with van der Waals surface area (Å²) < 4.78 is 0. The molecule has 3 heteroatoms. The van der Waals surface area contributed by atoms with E-state index in [1.165, 1.54) is 0 Å². The molecule has 0 bridgehead atoms. The molecule has 2 aromatic heterocycles. The number of nitrogens with one attached hydrogen (secondary N) is 1. The Bertz CT molecular complexity index is 462. The van der Waals surface area contributed by atoms with Crippen molar-refractivity contribution in [3.05, 3.63) is 29.7 Å². The minimum absolute atomic E-state index is 0.584. The quantitative estimate of drug-likeness (QED) is 0.633. The molecule has 0 saturated carbocycles. The van der Waals surface area contributed by atoms with E-state index in [4.69, 9.17) is 5.26 Å². The zero-order chi connectivity index (χ0) is 8.55. The van der Waals surface area contributed by atoms with Crippen LogP contribution in [0.4, 0.5) is 0 Å². The fraction of sp³-hybridized carbons (Fsp3) is 0.111. The smallest absolute Gasteiger partial charge is 0.118 e. The molecule has 0 radical (unpaired) electrons. The first-order valence-corrected chi connectivity index (χ1v) is 3.64. The van der Waals surface area contributed by atoms with Crippen molar-refractivity contribution < 1.29 is 0 Å². The first kappa shape index (κ1) is 6.86. The molecular weight excluding hydrogens is 150 g/mol. The van der Waals surface area contributed by atoms with Gasteiger partial charge >= 0.3 is 0 Å². The van der Waals surface area contributed by atoms with Gasteiger partial charge in [-0.25, -0.2) is 0 Å². The van der Waals surface area contributed by atoms with Gasteiger partial charge in [-0.1, -0.05) is 0 Å². The zero-order valence-corrected chi connectivity index (χ0v) is 6.63. The maximum atomic E-state index is 8.63. The lowest BCUT2D eigenvalue weighted by atomic mass is 10.2.